The van der Waals surface area contributed by atoms with Crippen molar-refractivity contribution in [2.75, 3.05) is 18.9 Å². The van der Waals surface area contributed by atoms with Gasteiger partial charge in [-0.3, -0.25) is 19.7 Å². The van der Waals surface area contributed by atoms with E-state index in [1.807, 2.05) is 31.3 Å². The first-order valence-corrected chi connectivity index (χ1v) is 7.45. The number of carbonyl (C=O) groups is 3. The van der Waals surface area contributed by atoms with Gasteiger partial charge in [-0.2, -0.15) is 0 Å². The molecule has 1 heterocycles. The summed E-state index contributed by atoms with van der Waals surface area (Å²) in [6.07, 6.45) is 2.06. The molecule has 1 aliphatic heterocycles. The monoisotopic (exact) mass is 339 g/mol. The molecule has 1 aromatic rings. The SMILES string of the molecule is CNCCCC(=O)Nc1ccc(CC2CC(=O)NC2=O)cc1.Cl. The van der Waals surface area contributed by atoms with E-state index in [1.54, 1.807) is 0 Å². The molecule has 0 aliphatic carbocycles. The number of amides is 3. The van der Waals surface area contributed by atoms with Crippen molar-refractivity contribution in [3.8, 4) is 0 Å². The highest BCUT2D eigenvalue weighted by molar-refractivity contribution is 6.03. The van der Waals surface area contributed by atoms with E-state index in [2.05, 4.69) is 16.0 Å². The van der Waals surface area contributed by atoms with E-state index >= 15 is 0 Å². The number of benzene rings is 1. The zero-order valence-electron chi connectivity index (χ0n) is 13.1. The first-order valence-electron chi connectivity index (χ1n) is 7.45. The first-order chi connectivity index (χ1) is 10.6. The van der Waals surface area contributed by atoms with E-state index in [-0.39, 0.29) is 42.5 Å². The predicted octanol–water partition coefficient (Wildman–Crippen LogP) is 1.25. The van der Waals surface area contributed by atoms with Crippen LogP contribution in [0.25, 0.3) is 0 Å². The van der Waals surface area contributed by atoms with Gasteiger partial charge in [0, 0.05) is 18.5 Å². The third kappa shape index (κ3) is 6.00. The molecule has 1 fully saturated rings. The Kier molecular flexibility index (Phi) is 7.71. The standard InChI is InChI=1S/C16H21N3O3.ClH/c1-17-8-2-3-14(20)18-13-6-4-11(5-7-13)9-12-10-15(21)19-16(12)22;/h4-7,12,17H,2-3,8-10H2,1H3,(H,18,20)(H,19,21,22);1H. The number of nitrogens with one attached hydrogen (secondary N) is 3. The maximum Gasteiger partial charge on any atom is 0.230 e. The summed E-state index contributed by atoms with van der Waals surface area (Å²) >= 11 is 0. The van der Waals surface area contributed by atoms with Crippen LogP contribution in [0.4, 0.5) is 5.69 Å². The summed E-state index contributed by atoms with van der Waals surface area (Å²) in [7, 11) is 1.86. The van der Waals surface area contributed by atoms with Crippen molar-refractivity contribution in [2.45, 2.75) is 25.7 Å². The predicted molar refractivity (Wildman–Crippen MR) is 90.4 cm³/mol. The van der Waals surface area contributed by atoms with Crippen LogP contribution in [0.15, 0.2) is 24.3 Å². The molecule has 23 heavy (non-hydrogen) atoms. The molecule has 1 saturated heterocycles. The van der Waals surface area contributed by atoms with Gasteiger partial charge in [-0.05, 0) is 44.1 Å². The van der Waals surface area contributed by atoms with Crippen molar-refractivity contribution < 1.29 is 14.4 Å². The molecule has 0 aromatic heterocycles. The van der Waals surface area contributed by atoms with Crippen LogP contribution in [0, 0.1) is 5.92 Å². The molecule has 1 aromatic carbocycles. The average molecular weight is 340 g/mol. The van der Waals surface area contributed by atoms with Crippen molar-refractivity contribution in [3.05, 3.63) is 29.8 Å². The second kappa shape index (κ2) is 9.27. The van der Waals surface area contributed by atoms with Gasteiger partial charge in [0.25, 0.3) is 0 Å². The van der Waals surface area contributed by atoms with Crippen molar-refractivity contribution in [3.63, 3.8) is 0 Å². The van der Waals surface area contributed by atoms with Gasteiger partial charge >= 0.3 is 0 Å². The molecule has 2 rings (SSSR count). The zero-order chi connectivity index (χ0) is 15.9. The maximum absolute atomic E-state index is 11.7. The molecule has 0 spiro atoms. The normalized spacial score (nSPS) is 16.7. The highest BCUT2D eigenvalue weighted by Gasteiger charge is 2.30. The number of hydrogen-bond donors (Lipinski definition) is 3. The molecule has 7 heteroatoms. The molecule has 0 radical (unpaired) electrons. The summed E-state index contributed by atoms with van der Waals surface area (Å²) in [6.45, 7) is 0.814. The number of carbonyl (C=O) groups excluding carboxylic acids is 3. The molecule has 126 valence electrons. The Hall–Kier alpha value is -1.92. The number of hydrogen-bond acceptors (Lipinski definition) is 4. The lowest BCUT2D eigenvalue weighted by molar-refractivity contribution is -0.125. The van der Waals surface area contributed by atoms with Crippen LogP contribution >= 0.6 is 12.4 Å². The third-order valence-electron chi connectivity index (χ3n) is 3.62. The highest BCUT2D eigenvalue weighted by atomic mass is 35.5. The summed E-state index contributed by atoms with van der Waals surface area (Å²) < 4.78 is 0. The number of anilines is 1. The van der Waals surface area contributed by atoms with Crippen molar-refractivity contribution in [2.24, 2.45) is 5.92 Å². The van der Waals surface area contributed by atoms with Crippen molar-refractivity contribution in [1.29, 1.82) is 0 Å². The Morgan fingerprint density at radius 1 is 1.26 bits per heavy atom. The largest absolute Gasteiger partial charge is 0.326 e. The Balaban J connectivity index is 0.00000264. The Labute approximate surface area is 141 Å². The van der Waals surface area contributed by atoms with E-state index in [4.69, 9.17) is 0 Å². The average Bonchev–Trinajstić information content (AvgIpc) is 2.79. The fourth-order valence-electron chi connectivity index (χ4n) is 2.43. The molecule has 3 N–H and O–H groups in total. The van der Waals surface area contributed by atoms with E-state index in [9.17, 15) is 14.4 Å². The molecule has 1 aliphatic rings. The fourth-order valence-corrected chi connectivity index (χ4v) is 2.43. The quantitative estimate of drug-likeness (QED) is 0.515. The van der Waals surface area contributed by atoms with Crippen LogP contribution in [0.1, 0.15) is 24.8 Å². The maximum atomic E-state index is 11.7. The van der Waals surface area contributed by atoms with E-state index in [1.165, 1.54) is 0 Å². The molecular formula is C16H22ClN3O3. The van der Waals surface area contributed by atoms with Gasteiger partial charge in [0.2, 0.25) is 17.7 Å². The molecule has 1 atom stereocenters. The van der Waals surface area contributed by atoms with Gasteiger partial charge in [-0.15, -0.1) is 12.4 Å². The minimum Gasteiger partial charge on any atom is -0.326 e. The Bertz CT molecular complexity index is 560. The van der Waals surface area contributed by atoms with E-state index in [0.717, 1.165) is 24.2 Å². The summed E-state index contributed by atoms with van der Waals surface area (Å²) in [5.74, 6) is -0.703. The smallest absolute Gasteiger partial charge is 0.230 e. The molecular weight excluding hydrogens is 318 g/mol. The number of imide groups is 1. The Morgan fingerprint density at radius 2 is 1.96 bits per heavy atom. The summed E-state index contributed by atoms with van der Waals surface area (Å²) in [4.78, 5) is 34.4. The third-order valence-corrected chi connectivity index (χ3v) is 3.62. The Morgan fingerprint density at radius 3 is 2.52 bits per heavy atom. The van der Waals surface area contributed by atoms with Crippen LogP contribution in [-0.4, -0.2) is 31.3 Å². The van der Waals surface area contributed by atoms with E-state index < -0.39 is 0 Å². The molecule has 1 unspecified atom stereocenters. The first kappa shape index (κ1) is 19.1. The van der Waals surface area contributed by atoms with Gasteiger partial charge in [0.1, 0.15) is 0 Å². The number of halogens is 1. The van der Waals surface area contributed by atoms with Crippen LogP contribution in [0.5, 0.6) is 0 Å². The lowest BCUT2D eigenvalue weighted by atomic mass is 9.98. The minimum absolute atomic E-state index is 0. The lowest BCUT2D eigenvalue weighted by Gasteiger charge is -2.08. The van der Waals surface area contributed by atoms with Gasteiger partial charge < -0.3 is 10.6 Å². The molecule has 0 saturated carbocycles. The second-order valence-corrected chi connectivity index (χ2v) is 5.47. The second-order valence-electron chi connectivity index (χ2n) is 5.47. The number of rotatable bonds is 7. The molecule has 3 amide bonds. The molecule has 6 nitrogen and oxygen atoms in total. The van der Waals surface area contributed by atoms with Crippen molar-refractivity contribution in [1.82, 2.24) is 10.6 Å². The van der Waals surface area contributed by atoms with Crippen LogP contribution in [0.3, 0.4) is 0 Å². The molecule has 0 bridgehead atoms. The van der Waals surface area contributed by atoms with Gasteiger partial charge in [-0.25, -0.2) is 0 Å². The lowest BCUT2D eigenvalue weighted by Crippen LogP contribution is -2.22. The minimum atomic E-state index is -0.283. The fraction of sp³-hybridized carbons (Fsp3) is 0.438. The topological polar surface area (TPSA) is 87.3 Å². The van der Waals surface area contributed by atoms with Crippen LogP contribution in [-0.2, 0) is 20.8 Å². The highest BCUT2D eigenvalue weighted by Crippen LogP contribution is 2.19. The van der Waals surface area contributed by atoms with Crippen LogP contribution < -0.4 is 16.0 Å². The van der Waals surface area contributed by atoms with Crippen molar-refractivity contribution >= 4 is 35.8 Å². The zero-order valence-corrected chi connectivity index (χ0v) is 13.9. The summed E-state index contributed by atoms with van der Waals surface area (Å²) in [6, 6.07) is 7.39. The van der Waals surface area contributed by atoms with Gasteiger partial charge in [-0.1, -0.05) is 12.1 Å². The van der Waals surface area contributed by atoms with Crippen LogP contribution in [0.2, 0.25) is 0 Å². The van der Waals surface area contributed by atoms with Gasteiger partial charge in [0.15, 0.2) is 0 Å². The van der Waals surface area contributed by atoms with E-state index in [0.29, 0.717) is 12.8 Å². The van der Waals surface area contributed by atoms with Gasteiger partial charge in [0.05, 0.1) is 5.92 Å². The summed E-state index contributed by atoms with van der Waals surface area (Å²) in [5.41, 5.74) is 1.72. The summed E-state index contributed by atoms with van der Waals surface area (Å²) in [5, 5.41) is 8.15.